The van der Waals surface area contributed by atoms with Crippen molar-refractivity contribution in [2.75, 3.05) is 36.9 Å². The molecular weight excluding hydrogens is 528 g/mol. The van der Waals surface area contributed by atoms with E-state index in [2.05, 4.69) is 30.7 Å². The first-order valence-electron chi connectivity index (χ1n) is 13.3. The molecule has 0 aliphatic carbocycles. The molecule has 204 valence electrons. The Balaban J connectivity index is 1.09. The molecule has 2 aromatic carbocycles. The van der Waals surface area contributed by atoms with Crippen molar-refractivity contribution in [1.29, 1.82) is 0 Å². The Kier molecular flexibility index (Phi) is 7.60. The van der Waals surface area contributed by atoms with Crippen LogP contribution in [0, 0.1) is 0 Å². The minimum Gasteiger partial charge on any atom is -0.492 e. The van der Waals surface area contributed by atoms with Crippen molar-refractivity contribution < 1.29 is 9.53 Å². The van der Waals surface area contributed by atoms with E-state index in [1.54, 1.807) is 39.7 Å². The summed E-state index contributed by atoms with van der Waals surface area (Å²) in [6.45, 7) is 4.05. The van der Waals surface area contributed by atoms with Crippen molar-refractivity contribution in [2.24, 2.45) is 0 Å². The molecule has 0 atom stereocenters. The number of hydrogen-bond donors (Lipinski definition) is 2. The summed E-state index contributed by atoms with van der Waals surface area (Å²) in [4.78, 5) is 19.6. The summed E-state index contributed by atoms with van der Waals surface area (Å²) in [5, 5.41) is 15.7. The summed E-state index contributed by atoms with van der Waals surface area (Å²) in [5.74, 6) is 1.11. The maximum absolute atomic E-state index is 12.5. The predicted octanol–water partition coefficient (Wildman–Crippen LogP) is 5.10. The van der Waals surface area contributed by atoms with Crippen molar-refractivity contribution in [1.82, 2.24) is 29.3 Å². The van der Waals surface area contributed by atoms with Gasteiger partial charge in [0.05, 0.1) is 11.9 Å². The normalized spacial score (nSPS) is 13.5. The molecular formula is C29H29ClN8O2. The molecule has 5 aromatic rings. The lowest BCUT2D eigenvalue weighted by Gasteiger charge is -2.15. The molecule has 1 fully saturated rings. The van der Waals surface area contributed by atoms with Crippen molar-refractivity contribution in [3.05, 3.63) is 84.1 Å². The molecule has 10 nitrogen and oxygen atoms in total. The van der Waals surface area contributed by atoms with Gasteiger partial charge in [0.15, 0.2) is 5.65 Å². The number of ether oxygens (including phenoxy) is 1. The highest BCUT2D eigenvalue weighted by Crippen LogP contribution is 2.23. The Morgan fingerprint density at radius 2 is 1.82 bits per heavy atom. The summed E-state index contributed by atoms with van der Waals surface area (Å²) >= 11 is 6.00. The second-order valence-corrected chi connectivity index (χ2v) is 10.1. The molecule has 0 bridgehead atoms. The number of likely N-dealkylation sites (tertiary alicyclic amines) is 1. The summed E-state index contributed by atoms with van der Waals surface area (Å²) in [7, 11) is 0. The summed E-state index contributed by atoms with van der Waals surface area (Å²) in [5.41, 5.74) is 3.81. The molecule has 0 spiro atoms. The number of anilines is 3. The van der Waals surface area contributed by atoms with Crippen molar-refractivity contribution >= 4 is 40.5 Å². The second-order valence-electron chi connectivity index (χ2n) is 9.65. The first kappa shape index (κ1) is 25.8. The fourth-order valence-electron chi connectivity index (χ4n) is 4.74. The van der Waals surface area contributed by atoms with Gasteiger partial charge in [0.1, 0.15) is 18.9 Å². The van der Waals surface area contributed by atoms with Crippen molar-refractivity contribution in [2.45, 2.75) is 19.4 Å². The first-order chi connectivity index (χ1) is 19.6. The van der Waals surface area contributed by atoms with Crippen molar-refractivity contribution in [3.8, 4) is 17.0 Å². The third-order valence-electron chi connectivity index (χ3n) is 6.69. The smallest absolute Gasteiger partial charge is 0.247 e. The molecule has 2 N–H and O–H groups in total. The molecule has 11 heteroatoms. The Hall–Kier alpha value is -4.41. The van der Waals surface area contributed by atoms with Gasteiger partial charge in [-0.25, -0.2) is 4.52 Å². The molecule has 0 unspecified atom stereocenters. The fourth-order valence-corrected chi connectivity index (χ4v) is 4.93. The zero-order valence-corrected chi connectivity index (χ0v) is 22.6. The lowest BCUT2D eigenvalue weighted by atomic mass is 10.2. The van der Waals surface area contributed by atoms with E-state index >= 15 is 0 Å². The van der Waals surface area contributed by atoms with Crippen LogP contribution in [0.4, 0.5) is 17.3 Å². The average molecular weight is 557 g/mol. The number of rotatable bonds is 10. The van der Waals surface area contributed by atoms with E-state index in [9.17, 15) is 4.79 Å². The maximum Gasteiger partial charge on any atom is 0.247 e. The number of carbonyl (C=O) groups is 1. The second kappa shape index (κ2) is 11.8. The number of nitrogens with zero attached hydrogens (tertiary/aromatic N) is 6. The zero-order chi connectivity index (χ0) is 27.3. The molecule has 6 rings (SSSR count). The van der Waals surface area contributed by atoms with E-state index < -0.39 is 0 Å². The number of halogens is 1. The van der Waals surface area contributed by atoms with Gasteiger partial charge in [0.25, 0.3) is 0 Å². The monoisotopic (exact) mass is 556 g/mol. The predicted molar refractivity (Wildman–Crippen MR) is 155 cm³/mol. The number of fused-ring (bicyclic) bond motifs is 1. The highest BCUT2D eigenvalue weighted by atomic mass is 35.5. The van der Waals surface area contributed by atoms with Gasteiger partial charge in [-0.3, -0.25) is 14.4 Å². The third kappa shape index (κ3) is 6.24. The van der Waals surface area contributed by atoms with E-state index in [-0.39, 0.29) is 12.5 Å². The van der Waals surface area contributed by atoms with E-state index in [0.29, 0.717) is 28.9 Å². The first-order valence-corrected chi connectivity index (χ1v) is 13.6. The summed E-state index contributed by atoms with van der Waals surface area (Å²) in [6, 6.07) is 20.6. The molecule has 1 aliphatic rings. The third-order valence-corrected chi connectivity index (χ3v) is 6.92. The van der Waals surface area contributed by atoms with Crippen LogP contribution in [0.2, 0.25) is 5.02 Å². The van der Waals surface area contributed by atoms with Gasteiger partial charge in [-0.1, -0.05) is 23.7 Å². The largest absolute Gasteiger partial charge is 0.492 e. The number of nitrogens with one attached hydrogen (secondary N) is 2. The van der Waals surface area contributed by atoms with Crippen LogP contribution in [0.5, 0.6) is 5.75 Å². The number of hydrogen-bond acceptors (Lipinski definition) is 7. The Labute approximate surface area is 236 Å². The van der Waals surface area contributed by atoms with Gasteiger partial charge in [-0.05, 0) is 80.5 Å². The van der Waals surface area contributed by atoms with Crippen LogP contribution < -0.4 is 15.4 Å². The Morgan fingerprint density at radius 1 is 1.00 bits per heavy atom. The molecule has 0 saturated carbocycles. The van der Waals surface area contributed by atoms with Crippen LogP contribution in [0.25, 0.3) is 16.9 Å². The molecule has 0 radical (unpaired) electrons. The van der Waals surface area contributed by atoms with Crippen LogP contribution >= 0.6 is 11.6 Å². The van der Waals surface area contributed by atoms with Crippen molar-refractivity contribution in [3.63, 3.8) is 0 Å². The maximum atomic E-state index is 12.5. The number of carbonyl (C=O) groups excluding carboxylic acids is 1. The summed E-state index contributed by atoms with van der Waals surface area (Å²) < 4.78 is 9.24. The lowest BCUT2D eigenvalue weighted by Crippen LogP contribution is -2.25. The van der Waals surface area contributed by atoms with Gasteiger partial charge in [-0.15, -0.1) is 5.10 Å². The van der Waals surface area contributed by atoms with Crippen LogP contribution in [-0.4, -0.2) is 61.4 Å². The molecule has 3 aromatic heterocycles. The molecule has 40 heavy (non-hydrogen) atoms. The number of benzene rings is 2. The van der Waals surface area contributed by atoms with E-state index in [1.165, 1.54) is 25.9 Å². The van der Waals surface area contributed by atoms with Gasteiger partial charge in [-0.2, -0.15) is 10.1 Å². The van der Waals surface area contributed by atoms with Gasteiger partial charge >= 0.3 is 0 Å². The fraction of sp³-hybridized carbons (Fsp3) is 0.241. The van der Waals surface area contributed by atoms with Crippen LogP contribution in [-0.2, 0) is 11.3 Å². The van der Waals surface area contributed by atoms with Crippen LogP contribution in [0.15, 0.2) is 79.1 Å². The standard InChI is InChI=1S/C29H29ClN8O2/c30-22-5-3-6-24(17-22)32-28(39)20-37-19-21(18-31-37)26-7-4-8-27-34-29(35-38(26)27)33-23-9-11-25(12-10-23)40-16-15-36-13-1-2-14-36/h3-12,17-19H,1-2,13-16,20H2,(H,32,39)(H,33,35). The minimum absolute atomic E-state index is 0.0601. The molecule has 1 amide bonds. The van der Waals surface area contributed by atoms with Crippen LogP contribution in [0.3, 0.4) is 0 Å². The Bertz CT molecular complexity index is 1610. The molecule has 4 heterocycles. The SMILES string of the molecule is O=C(Cn1cc(-c2cccc3nc(Nc4ccc(OCCN5CCCC5)cc4)nn23)cn1)Nc1cccc(Cl)c1. The highest BCUT2D eigenvalue weighted by Gasteiger charge is 2.13. The highest BCUT2D eigenvalue weighted by molar-refractivity contribution is 6.30. The number of pyridine rings is 1. The number of amides is 1. The van der Waals surface area contributed by atoms with Crippen LogP contribution in [0.1, 0.15) is 12.8 Å². The van der Waals surface area contributed by atoms with Gasteiger partial charge < -0.3 is 15.4 Å². The van der Waals surface area contributed by atoms with E-state index in [4.69, 9.17) is 16.3 Å². The Morgan fingerprint density at radius 3 is 2.65 bits per heavy atom. The average Bonchev–Trinajstić information content (AvgIpc) is 3.71. The lowest BCUT2D eigenvalue weighted by molar-refractivity contribution is -0.116. The molecule has 1 aliphatic heterocycles. The van der Waals surface area contributed by atoms with E-state index in [0.717, 1.165) is 29.2 Å². The van der Waals surface area contributed by atoms with E-state index in [1.807, 2.05) is 48.7 Å². The quantitative estimate of drug-likeness (QED) is 0.247. The van der Waals surface area contributed by atoms with Gasteiger partial charge in [0.2, 0.25) is 11.9 Å². The summed E-state index contributed by atoms with van der Waals surface area (Å²) in [6.07, 6.45) is 6.09. The topological polar surface area (TPSA) is 102 Å². The number of aromatic nitrogens is 5. The zero-order valence-electron chi connectivity index (χ0n) is 21.8. The minimum atomic E-state index is -0.203. The molecule has 1 saturated heterocycles. The van der Waals surface area contributed by atoms with Gasteiger partial charge in [0, 0.05) is 34.7 Å².